The molecule has 3 rings (SSSR count). The van der Waals surface area contributed by atoms with E-state index in [4.69, 9.17) is 0 Å². The maximum absolute atomic E-state index is 12.1. The minimum atomic E-state index is -0.171. The van der Waals surface area contributed by atoms with Crippen molar-refractivity contribution in [3.05, 3.63) is 17.0 Å². The summed E-state index contributed by atoms with van der Waals surface area (Å²) >= 11 is 1.56. The number of carbonyl (C=O) groups is 2. The third-order valence-corrected chi connectivity index (χ3v) is 5.20. The molecule has 0 bridgehead atoms. The summed E-state index contributed by atoms with van der Waals surface area (Å²) in [7, 11) is 0. The minimum Gasteiger partial charge on any atom is -0.353 e. The van der Waals surface area contributed by atoms with Crippen LogP contribution in [-0.2, 0) is 4.79 Å². The van der Waals surface area contributed by atoms with Gasteiger partial charge in [-0.05, 0) is 51.2 Å². The van der Waals surface area contributed by atoms with Crippen molar-refractivity contribution in [2.75, 3.05) is 5.32 Å². The summed E-state index contributed by atoms with van der Waals surface area (Å²) in [5.41, 5.74) is 0. The lowest BCUT2D eigenvalue weighted by Gasteiger charge is -2.29. The summed E-state index contributed by atoms with van der Waals surface area (Å²) < 4.78 is 0. The van der Waals surface area contributed by atoms with Crippen molar-refractivity contribution < 1.29 is 9.59 Å². The van der Waals surface area contributed by atoms with E-state index in [-0.39, 0.29) is 23.9 Å². The molecule has 3 N–H and O–H groups in total. The zero-order valence-corrected chi connectivity index (χ0v) is 13.7. The highest BCUT2D eigenvalue weighted by Gasteiger charge is 2.31. The number of rotatable bonds is 4. The van der Waals surface area contributed by atoms with Crippen molar-refractivity contribution in [2.45, 2.75) is 57.5 Å². The lowest BCUT2D eigenvalue weighted by molar-refractivity contribution is -0.126. The van der Waals surface area contributed by atoms with Crippen LogP contribution < -0.4 is 16.0 Å². The second-order valence-corrected chi connectivity index (χ2v) is 7.64. The molecule has 0 aliphatic heterocycles. The molecule has 2 atom stereocenters. The molecule has 0 spiro atoms. The topological polar surface area (TPSA) is 70.2 Å². The van der Waals surface area contributed by atoms with Crippen molar-refractivity contribution in [1.29, 1.82) is 0 Å². The standard InChI is InChI=1S/C16H23N3O2S/c1-10-5-8-14(22-10)19-16(21)18-13-4-2-3-11(9-13)15(20)17-12-6-7-12/h5,8,11-13H,2-4,6-7,9H2,1H3,(H,17,20)(H2,18,19,21)/t11-,13+/m0/s1. The zero-order valence-electron chi connectivity index (χ0n) is 12.9. The Bertz CT molecular complexity index is 553. The molecular formula is C16H23N3O2S. The van der Waals surface area contributed by atoms with E-state index in [1.54, 1.807) is 11.3 Å². The number of hydrogen-bond donors (Lipinski definition) is 3. The molecule has 5 nitrogen and oxygen atoms in total. The summed E-state index contributed by atoms with van der Waals surface area (Å²) in [6.07, 6.45) is 5.85. The molecule has 2 aliphatic carbocycles. The SMILES string of the molecule is Cc1ccc(NC(=O)N[C@@H]2CCC[C@H](C(=O)NC3CC3)C2)s1. The van der Waals surface area contributed by atoms with Crippen LogP contribution in [0.15, 0.2) is 12.1 Å². The molecule has 2 saturated carbocycles. The van der Waals surface area contributed by atoms with Gasteiger partial charge in [-0.2, -0.15) is 0 Å². The number of nitrogens with one attached hydrogen (secondary N) is 3. The summed E-state index contributed by atoms with van der Waals surface area (Å²) in [5.74, 6) is 0.215. The van der Waals surface area contributed by atoms with Gasteiger partial charge in [0.15, 0.2) is 0 Å². The number of hydrogen-bond acceptors (Lipinski definition) is 3. The highest BCUT2D eigenvalue weighted by molar-refractivity contribution is 7.16. The predicted molar refractivity (Wildman–Crippen MR) is 88.1 cm³/mol. The maximum atomic E-state index is 12.1. The average molecular weight is 321 g/mol. The molecule has 1 heterocycles. The largest absolute Gasteiger partial charge is 0.353 e. The van der Waals surface area contributed by atoms with Crippen molar-refractivity contribution in [3.63, 3.8) is 0 Å². The molecule has 0 radical (unpaired) electrons. The molecule has 0 saturated heterocycles. The van der Waals surface area contributed by atoms with E-state index in [9.17, 15) is 9.59 Å². The molecule has 1 aromatic heterocycles. The number of anilines is 1. The van der Waals surface area contributed by atoms with Crippen LogP contribution in [0, 0.1) is 12.8 Å². The fourth-order valence-electron chi connectivity index (χ4n) is 2.94. The van der Waals surface area contributed by atoms with Gasteiger partial charge < -0.3 is 10.6 Å². The van der Waals surface area contributed by atoms with Crippen LogP contribution in [0.2, 0.25) is 0 Å². The number of thiophene rings is 1. The summed E-state index contributed by atoms with van der Waals surface area (Å²) in [5, 5.41) is 9.80. The molecule has 120 valence electrons. The van der Waals surface area contributed by atoms with Gasteiger partial charge in [0, 0.05) is 22.9 Å². The normalized spacial score (nSPS) is 24.6. The fourth-order valence-corrected chi connectivity index (χ4v) is 3.70. The molecule has 22 heavy (non-hydrogen) atoms. The van der Waals surface area contributed by atoms with Gasteiger partial charge >= 0.3 is 6.03 Å². The monoisotopic (exact) mass is 321 g/mol. The first-order valence-corrected chi connectivity index (χ1v) is 8.86. The van der Waals surface area contributed by atoms with Crippen LogP contribution in [-0.4, -0.2) is 24.0 Å². The number of urea groups is 1. The van der Waals surface area contributed by atoms with Gasteiger partial charge in [-0.15, -0.1) is 11.3 Å². The van der Waals surface area contributed by atoms with Gasteiger partial charge in [0.05, 0.1) is 5.00 Å². The molecule has 1 aromatic rings. The molecule has 6 heteroatoms. The highest BCUT2D eigenvalue weighted by atomic mass is 32.1. The second kappa shape index (κ2) is 6.69. The smallest absolute Gasteiger partial charge is 0.320 e. The van der Waals surface area contributed by atoms with Gasteiger partial charge in [0.1, 0.15) is 0 Å². The van der Waals surface area contributed by atoms with Crippen LogP contribution >= 0.6 is 11.3 Å². The van der Waals surface area contributed by atoms with Crippen LogP contribution in [0.3, 0.4) is 0 Å². The van der Waals surface area contributed by atoms with E-state index in [2.05, 4.69) is 16.0 Å². The first kappa shape index (κ1) is 15.3. The zero-order chi connectivity index (χ0) is 15.5. The molecule has 0 aromatic carbocycles. The molecule has 2 fully saturated rings. The number of aryl methyl sites for hydroxylation is 1. The van der Waals surface area contributed by atoms with Crippen LogP contribution in [0.1, 0.15) is 43.4 Å². The van der Waals surface area contributed by atoms with Crippen molar-refractivity contribution in [3.8, 4) is 0 Å². The van der Waals surface area contributed by atoms with E-state index in [0.29, 0.717) is 6.04 Å². The van der Waals surface area contributed by atoms with Gasteiger partial charge in [-0.25, -0.2) is 4.79 Å². The van der Waals surface area contributed by atoms with E-state index in [1.165, 1.54) is 4.88 Å². The molecule has 0 unspecified atom stereocenters. The van der Waals surface area contributed by atoms with Crippen molar-refractivity contribution in [2.24, 2.45) is 5.92 Å². The van der Waals surface area contributed by atoms with Gasteiger partial charge in [0.2, 0.25) is 5.91 Å². The Morgan fingerprint density at radius 1 is 1.09 bits per heavy atom. The minimum absolute atomic E-state index is 0.0450. The number of carbonyl (C=O) groups excluding carboxylic acids is 2. The lowest BCUT2D eigenvalue weighted by Crippen LogP contribution is -2.44. The van der Waals surface area contributed by atoms with Crippen molar-refractivity contribution in [1.82, 2.24) is 10.6 Å². The first-order valence-electron chi connectivity index (χ1n) is 8.04. The predicted octanol–water partition coefficient (Wildman–Crippen LogP) is 3.02. The van der Waals surface area contributed by atoms with E-state index in [1.807, 2.05) is 19.1 Å². The van der Waals surface area contributed by atoms with Crippen LogP contribution in [0.25, 0.3) is 0 Å². The third-order valence-electron chi connectivity index (χ3n) is 4.28. The quantitative estimate of drug-likeness (QED) is 0.798. The Labute approximate surface area is 134 Å². The number of amides is 3. The Hall–Kier alpha value is -1.56. The summed E-state index contributed by atoms with van der Waals surface area (Å²) in [6.45, 7) is 2.01. The van der Waals surface area contributed by atoms with Gasteiger partial charge in [-0.3, -0.25) is 10.1 Å². The van der Waals surface area contributed by atoms with Gasteiger partial charge in [-0.1, -0.05) is 6.42 Å². The maximum Gasteiger partial charge on any atom is 0.320 e. The summed E-state index contributed by atoms with van der Waals surface area (Å²) in [6, 6.07) is 4.22. The molecule has 3 amide bonds. The average Bonchev–Trinajstić information content (AvgIpc) is 3.20. The Kier molecular flexibility index (Phi) is 4.66. The first-order chi connectivity index (χ1) is 10.6. The van der Waals surface area contributed by atoms with E-state index >= 15 is 0 Å². The van der Waals surface area contributed by atoms with Gasteiger partial charge in [0.25, 0.3) is 0 Å². The van der Waals surface area contributed by atoms with E-state index in [0.717, 1.165) is 43.5 Å². The van der Waals surface area contributed by atoms with Crippen molar-refractivity contribution >= 4 is 28.3 Å². The Morgan fingerprint density at radius 2 is 1.91 bits per heavy atom. The fraction of sp³-hybridized carbons (Fsp3) is 0.625. The van der Waals surface area contributed by atoms with Crippen LogP contribution in [0.4, 0.5) is 9.80 Å². The third kappa shape index (κ3) is 4.22. The second-order valence-electron chi connectivity index (χ2n) is 6.35. The molecular weight excluding hydrogens is 298 g/mol. The van der Waals surface area contributed by atoms with Crippen LogP contribution in [0.5, 0.6) is 0 Å². The highest BCUT2D eigenvalue weighted by Crippen LogP contribution is 2.27. The Morgan fingerprint density at radius 3 is 2.59 bits per heavy atom. The lowest BCUT2D eigenvalue weighted by atomic mass is 9.85. The van der Waals surface area contributed by atoms with E-state index < -0.39 is 0 Å². The molecule has 2 aliphatic rings. The Balaban J connectivity index is 1.46. The summed E-state index contributed by atoms with van der Waals surface area (Å²) in [4.78, 5) is 25.3.